The molecule has 1 amide bonds. The molecule has 0 saturated heterocycles. The van der Waals surface area contributed by atoms with Gasteiger partial charge in [-0.3, -0.25) is 4.98 Å². The summed E-state index contributed by atoms with van der Waals surface area (Å²) >= 11 is 0. The van der Waals surface area contributed by atoms with E-state index in [2.05, 4.69) is 10.3 Å². The first-order valence-corrected chi connectivity index (χ1v) is 4.02. The van der Waals surface area contributed by atoms with Crippen LogP contribution in [0.4, 0.5) is 10.5 Å². The second-order valence-electron chi connectivity index (χ2n) is 2.64. The molecule has 74 valence electrons. The summed E-state index contributed by atoms with van der Waals surface area (Å²) in [7, 11) is 0. The lowest BCUT2D eigenvalue weighted by Crippen LogP contribution is -2.20. The van der Waals surface area contributed by atoms with Gasteiger partial charge in [0, 0.05) is 18.9 Å². The minimum Gasteiger partial charge on any atom is -0.465 e. The highest BCUT2D eigenvalue weighted by molar-refractivity contribution is 5.65. The lowest BCUT2D eigenvalue weighted by Gasteiger charge is -1.95. The Labute approximate surface area is 81.3 Å². The van der Waals surface area contributed by atoms with Crippen molar-refractivity contribution in [3.8, 4) is 0 Å². The minimum atomic E-state index is -1.04. The number of pyridine rings is 1. The number of aromatic nitrogens is 1. The molecule has 1 rings (SSSR count). The molecule has 0 aromatic carbocycles. The average molecular weight is 193 g/mol. The van der Waals surface area contributed by atoms with E-state index in [0.717, 1.165) is 5.56 Å². The lowest BCUT2D eigenvalue weighted by molar-refractivity contribution is 0.195. The van der Waals surface area contributed by atoms with Crippen molar-refractivity contribution in [1.29, 1.82) is 0 Å². The van der Waals surface area contributed by atoms with Gasteiger partial charge < -0.3 is 16.2 Å². The molecule has 0 bridgehead atoms. The molecule has 0 spiro atoms. The van der Waals surface area contributed by atoms with Crippen molar-refractivity contribution in [3.05, 3.63) is 30.1 Å². The summed E-state index contributed by atoms with van der Waals surface area (Å²) in [6, 6.07) is 1.75. The summed E-state index contributed by atoms with van der Waals surface area (Å²) in [6.07, 6.45) is 5.59. The van der Waals surface area contributed by atoms with E-state index in [4.69, 9.17) is 10.8 Å². The highest BCUT2D eigenvalue weighted by Crippen LogP contribution is 2.04. The Morgan fingerprint density at radius 2 is 2.43 bits per heavy atom. The van der Waals surface area contributed by atoms with Crippen LogP contribution in [0.3, 0.4) is 0 Å². The van der Waals surface area contributed by atoms with Crippen LogP contribution < -0.4 is 11.1 Å². The summed E-state index contributed by atoms with van der Waals surface area (Å²) < 4.78 is 0. The third-order valence-electron chi connectivity index (χ3n) is 1.46. The molecule has 1 aromatic heterocycles. The number of nitrogens with zero attached hydrogens (tertiary/aromatic N) is 1. The number of nitrogens with two attached hydrogens (primary N) is 1. The molecule has 0 radical (unpaired) electrons. The molecule has 0 aliphatic rings. The Morgan fingerprint density at radius 1 is 1.64 bits per heavy atom. The maximum atomic E-state index is 10.1. The summed E-state index contributed by atoms with van der Waals surface area (Å²) in [6.45, 7) is 0.268. The van der Waals surface area contributed by atoms with Crippen molar-refractivity contribution in [2.24, 2.45) is 0 Å². The highest BCUT2D eigenvalue weighted by atomic mass is 16.4. The molecule has 1 aromatic rings. The van der Waals surface area contributed by atoms with Gasteiger partial charge in [-0.2, -0.15) is 0 Å². The fraction of sp³-hybridized carbons (Fsp3) is 0.111. The molecule has 4 N–H and O–H groups in total. The summed E-state index contributed by atoms with van der Waals surface area (Å²) in [5, 5.41) is 10.5. The van der Waals surface area contributed by atoms with Gasteiger partial charge in [-0.25, -0.2) is 4.79 Å². The fourth-order valence-electron chi connectivity index (χ4n) is 0.909. The highest BCUT2D eigenvalue weighted by Gasteiger charge is 1.90. The van der Waals surface area contributed by atoms with Crippen molar-refractivity contribution in [2.75, 3.05) is 12.3 Å². The Hall–Kier alpha value is -2.04. The van der Waals surface area contributed by atoms with Crippen molar-refractivity contribution < 1.29 is 9.90 Å². The summed E-state index contributed by atoms with van der Waals surface area (Å²) in [5.41, 5.74) is 6.93. The van der Waals surface area contributed by atoms with Crippen LogP contribution in [0.15, 0.2) is 24.5 Å². The molecule has 0 unspecified atom stereocenters. The Bertz CT molecular complexity index is 350. The molecule has 0 atom stereocenters. The Kier molecular flexibility index (Phi) is 3.49. The van der Waals surface area contributed by atoms with Crippen LogP contribution in [0.2, 0.25) is 0 Å². The summed E-state index contributed by atoms with van der Waals surface area (Å²) in [5.74, 6) is 0. The number of hydrogen-bond acceptors (Lipinski definition) is 3. The van der Waals surface area contributed by atoms with Crippen LogP contribution in [-0.4, -0.2) is 22.7 Å². The fourth-order valence-corrected chi connectivity index (χ4v) is 0.909. The average Bonchev–Trinajstić information content (AvgIpc) is 2.12. The van der Waals surface area contributed by atoms with Crippen molar-refractivity contribution in [1.82, 2.24) is 10.3 Å². The normalized spacial score (nSPS) is 10.3. The smallest absolute Gasteiger partial charge is 0.404 e. The number of hydrogen-bond donors (Lipinski definition) is 3. The van der Waals surface area contributed by atoms with Gasteiger partial charge in [-0.1, -0.05) is 12.2 Å². The van der Waals surface area contributed by atoms with Gasteiger partial charge in [0.15, 0.2) is 0 Å². The quantitative estimate of drug-likeness (QED) is 0.666. The van der Waals surface area contributed by atoms with E-state index in [1.54, 1.807) is 30.6 Å². The van der Waals surface area contributed by atoms with Gasteiger partial charge in [-0.05, 0) is 11.6 Å². The molecule has 1 heterocycles. The van der Waals surface area contributed by atoms with Crippen LogP contribution in [0.1, 0.15) is 5.56 Å². The van der Waals surface area contributed by atoms with Gasteiger partial charge in [0.25, 0.3) is 0 Å². The molecule has 5 nitrogen and oxygen atoms in total. The minimum absolute atomic E-state index is 0.268. The molecular weight excluding hydrogens is 182 g/mol. The number of amides is 1. The predicted molar refractivity (Wildman–Crippen MR) is 53.7 cm³/mol. The Morgan fingerprint density at radius 3 is 3.07 bits per heavy atom. The zero-order chi connectivity index (χ0) is 10.4. The van der Waals surface area contributed by atoms with Crippen molar-refractivity contribution >= 4 is 17.9 Å². The van der Waals surface area contributed by atoms with Crippen LogP contribution in [-0.2, 0) is 0 Å². The van der Waals surface area contributed by atoms with Crippen molar-refractivity contribution in [2.45, 2.75) is 0 Å². The molecule has 0 aliphatic carbocycles. The van der Waals surface area contributed by atoms with E-state index in [9.17, 15) is 4.79 Å². The molecule has 0 saturated carbocycles. The molecule has 5 heteroatoms. The largest absolute Gasteiger partial charge is 0.465 e. The van der Waals surface area contributed by atoms with Crippen LogP contribution in [0, 0.1) is 0 Å². The van der Waals surface area contributed by atoms with E-state index in [1.165, 1.54) is 0 Å². The molecule has 14 heavy (non-hydrogen) atoms. The zero-order valence-electron chi connectivity index (χ0n) is 7.47. The third kappa shape index (κ3) is 3.57. The van der Waals surface area contributed by atoms with Crippen LogP contribution in [0.25, 0.3) is 6.08 Å². The molecular formula is C9H11N3O2. The first kappa shape index (κ1) is 10.0. The number of nitrogens with one attached hydrogen (secondary N) is 1. The van der Waals surface area contributed by atoms with Gasteiger partial charge in [0.2, 0.25) is 0 Å². The second-order valence-corrected chi connectivity index (χ2v) is 2.64. The lowest BCUT2D eigenvalue weighted by atomic mass is 10.2. The number of rotatable bonds is 3. The van der Waals surface area contributed by atoms with Gasteiger partial charge >= 0.3 is 6.09 Å². The van der Waals surface area contributed by atoms with Crippen LogP contribution in [0.5, 0.6) is 0 Å². The maximum absolute atomic E-state index is 10.1. The predicted octanol–water partition coefficient (Wildman–Crippen LogP) is 0.945. The molecule has 0 fully saturated rings. The second kappa shape index (κ2) is 4.86. The number of nitrogen functional groups attached to an aromatic ring is 1. The van der Waals surface area contributed by atoms with Crippen LogP contribution >= 0.6 is 0 Å². The first-order valence-electron chi connectivity index (χ1n) is 4.02. The van der Waals surface area contributed by atoms with E-state index in [-0.39, 0.29) is 6.54 Å². The van der Waals surface area contributed by atoms with E-state index < -0.39 is 6.09 Å². The third-order valence-corrected chi connectivity index (χ3v) is 1.46. The maximum Gasteiger partial charge on any atom is 0.404 e. The standard InChI is InChI=1S/C9H11N3O2/c10-8-4-7(5-11-6-8)2-1-3-12-9(13)14/h1-2,4-6,12H,3,10H2,(H,13,14)/b2-1-. The Balaban J connectivity index is 2.47. The van der Waals surface area contributed by atoms with E-state index >= 15 is 0 Å². The zero-order valence-corrected chi connectivity index (χ0v) is 7.47. The number of carboxylic acid groups (broad SMARTS) is 1. The van der Waals surface area contributed by atoms with Gasteiger partial charge in [-0.15, -0.1) is 0 Å². The van der Waals surface area contributed by atoms with E-state index in [1.807, 2.05) is 0 Å². The van der Waals surface area contributed by atoms with E-state index in [0.29, 0.717) is 5.69 Å². The monoisotopic (exact) mass is 193 g/mol. The van der Waals surface area contributed by atoms with Gasteiger partial charge in [0.05, 0.1) is 5.69 Å². The summed E-state index contributed by atoms with van der Waals surface area (Å²) in [4.78, 5) is 14.0. The molecule has 0 aliphatic heterocycles. The SMILES string of the molecule is Nc1cncc(/C=C\CNC(=O)O)c1. The van der Waals surface area contributed by atoms with Crippen molar-refractivity contribution in [3.63, 3.8) is 0 Å². The topological polar surface area (TPSA) is 88.2 Å². The number of anilines is 1. The first-order chi connectivity index (χ1) is 6.68. The number of carbonyl (C=O) groups is 1. The van der Waals surface area contributed by atoms with Gasteiger partial charge in [0.1, 0.15) is 0 Å².